The summed E-state index contributed by atoms with van der Waals surface area (Å²) in [4.78, 5) is 0. The zero-order valence-corrected chi connectivity index (χ0v) is 14.5. The molecule has 0 bridgehead atoms. The van der Waals surface area contributed by atoms with Crippen LogP contribution >= 0.6 is 34.8 Å². The van der Waals surface area contributed by atoms with Crippen LogP contribution in [-0.4, -0.2) is 31.7 Å². The summed E-state index contributed by atoms with van der Waals surface area (Å²) >= 11 is 18.1. The highest BCUT2D eigenvalue weighted by atomic mass is 35.5. The van der Waals surface area contributed by atoms with Crippen LogP contribution in [0.25, 0.3) is 0 Å². The maximum absolute atomic E-state index is 11.6. The van der Waals surface area contributed by atoms with Gasteiger partial charge in [0.25, 0.3) is 0 Å². The molecule has 0 amide bonds. The van der Waals surface area contributed by atoms with Crippen LogP contribution in [-0.2, 0) is 15.3 Å². The minimum absolute atomic E-state index is 0.169. The van der Waals surface area contributed by atoms with Gasteiger partial charge in [0, 0.05) is 28.0 Å². The molecule has 0 saturated carbocycles. The first-order valence-electron chi connectivity index (χ1n) is 6.47. The van der Waals surface area contributed by atoms with Gasteiger partial charge in [-0.2, -0.15) is 0 Å². The number of hydrogen-bond donors (Lipinski definition) is 0. The minimum Gasteiger partial charge on any atom is -0.229 e. The lowest BCUT2D eigenvalue weighted by Crippen LogP contribution is -2.31. The van der Waals surface area contributed by atoms with Gasteiger partial charge in [-0.1, -0.05) is 30.7 Å². The summed E-state index contributed by atoms with van der Waals surface area (Å²) in [5, 5.41) is 0.653. The first-order valence-corrected chi connectivity index (χ1v) is 9.74. The van der Waals surface area contributed by atoms with Gasteiger partial charge >= 0.3 is 0 Å². The van der Waals surface area contributed by atoms with Gasteiger partial charge in [0.15, 0.2) is 0 Å². The molecule has 114 valence electrons. The third kappa shape index (κ3) is 4.80. The van der Waals surface area contributed by atoms with Crippen molar-refractivity contribution < 1.29 is 8.42 Å². The fraction of sp³-hybridized carbons (Fsp3) is 0.571. The minimum atomic E-state index is -2.95. The first-order chi connectivity index (χ1) is 9.39. The first kappa shape index (κ1) is 18.1. The Kier molecular flexibility index (Phi) is 7.13. The molecule has 0 aliphatic rings. The molecule has 0 N–H and O–H groups in total. The van der Waals surface area contributed by atoms with E-state index in [9.17, 15) is 8.42 Å². The Morgan fingerprint density at radius 1 is 1.10 bits per heavy atom. The summed E-state index contributed by atoms with van der Waals surface area (Å²) in [5.41, 5.74) is 0.595. The van der Waals surface area contributed by atoms with Crippen molar-refractivity contribution >= 4 is 44.6 Å². The lowest BCUT2D eigenvalue weighted by molar-refractivity contribution is 0.483. The molecule has 0 atom stereocenters. The smallest absolute Gasteiger partial charge is 0.150 e. The summed E-state index contributed by atoms with van der Waals surface area (Å²) in [6, 6.07) is 7.41. The van der Waals surface area contributed by atoms with Crippen LogP contribution in [0.15, 0.2) is 24.3 Å². The van der Waals surface area contributed by atoms with E-state index in [-0.39, 0.29) is 11.5 Å². The molecule has 0 fully saturated rings. The number of sulfone groups is 1. The van der Waals surface area contributed by atoms with Crippen molar-refractivity contribution in [3.8, 4) is 0 Å². The van der Waals surface area contributed by atoms with E-state index in [1.807, 2.05) is 12.1 Å². The van der Waals surface area contributed by atoms with Gasteiger partial charge in [-0.3, -0.25) is 0 Å². The molecule has 0 aromatic heterocycles. The van der Waals surface area contributed by atoms with Gasteiger partial charge < -0.3 is 0 Å². The lowest BCUT2D eigenvalue weighted by atomic mass is 9.80. The van der Waals surface area contributed by atoms with Gasteiger partial charge in [-0.15, -0.1) is 23.2 Å². The van der Waals surface area contributed by atoms with Crippen molar-refractivity contribution in [1.29, 1.82) is 0 Å². The Balaban J connectivity index is 2.84. The summed E-state index contributed by atoms with van der Waals surface area (Å²) in [6.07, 6.45) is 1.19. The Morgan fingerprint density at radius 3 is 2.10 bits per heavy atom. The highest BCUT2D eigenvalue weighted by Crippen LogP contribution is 2.33. The number of benzene rings is 1. The van der Waals surface area contributed by atoms with E-state index in [2.05, 4.69) is 0 Å². The van der Waals surface area contributed by atoms with Crippen molar-refractivity contribution in [2.45, 2.75) is 25.2 Å². The predicted molar refractivity (Wildman–Crippen MR) is 88.1 cm³/mol. The second-order valence-corrected chi connectivity index (χ2v) is 8.34. The summed E-state index contributed by atoms with van der Waals surface area (Å²) in [7, 11) is -2.95. The molecule has 0 aliphatic heterocycles. The predicted octanol–water partition coefficient (Wildman–Crippen LogP) is 4.27. The maximum Gasteiger partial charge on any atom is 0.150 e. The molecule has 6 heteroatoms. The molecule has 20 heavy (non-hydrogen) atoms. The van der Waals surface area contributed by atoms with Crippen molar-refractivity contribution in [3.05, 3.63) is 34.9 Å². The van der Waals surface area contributed by atoms with E-state index in [0.717, 1.165) is 5.56 Å². The summed E-state index contributed by atoms with van der Waals surface area (Å²) in [6.45, 7) is 1.66. The number of hydrogen-bond acceptors (Lipinski definition) is 2. The van der Waals surface area contributed by atoms with Gasteiger partial charge in [0.1, 0.15) is 9.84 Å². The molecule has 0 spiro atoms. The average molecular weight is 358 g/mol. The van der Waals surface area contributed by atoms with Crippen LogP contribution in [0.2, 0.25) is 5.02 Å². The molecule has 0 aliphatic carbocycles. The Bertz CT molecular complexity index is 508. The van der Waals surface area contributed by atoms with E-state index in [1.54, 1.807) is 19.1 Å². The molecule has 0 heterocycles. The quantitative estimate of drug-likeness (QED) is 0.651. The van der Waals surface area contributed by atoms with Crippen LogP contribution in [0.5, 0.6) is 0 Å². The van der Waals surface area contributed by atoms with Crippen LogP contribution < -0.4 is 0 Å². The number of alkyl halides is 2. The van der Waals surface area contributed by atoms with Crippen LogP contribution in [0.3, 0.4) is 0 Å². The normalized spacial score (nSPS) is 12.6. The Morgan fingerprint density at radius 2 is 1.65 bits per heavy atom. The van der Waals surface area contributed by atoms with Crippen LogP contribution in [0, 0.1) is 0 Å². The second-order valence-electron chi connectivity index (χ2n) is 4.89. The van der Waals surface area contributed by atoms with Crippen molar-refractivity contribution in [2.24, 2.45) is 0 Å². The average Bonchev–Trinajstić information content (AvgIpc) is 2.45. The molecule has 0 unspecified atom stereocenters. The topological polar surface area (TPSA) is 34.1 Å². The Hall–Kier alpha value is 0.0400. The largest absolute Gasteiger partial charge is 0.229 e. The third-order valence-corrected chi connectivity index (χ3v) is 6.58. The fourth-order valence-electron chi connectivity index (χ4n) is 2.05. The molecule has 1 rings (SSSR count). The monoisotopic (exact) mass is 356 g/mol. The molecule has 0 radical (unpaired) electrons. The van der Waals surface area contributed by atoms with Crippen LogP contribution in [0.4, 0.5) is 0 Å². The zero-order chi connectivity index (χ0) is 15.2. The fourth-order valence-corrected chi connectivity index (χ4v) is 3.91. The molecule has 0 saturated heterocycles. The standard InChI is InChI=1S/C14H19Cl3O2S/c1-2-20(18,19)9-3-8-14(10-15,11-16)12-4-6-13(17)7-5-12/h4-7H,2-3,8-11H2,1H3. The van der Waals surface area contributed by atoms with E-state index < -0.39 is 15.3 Å². The third-order valence-electron chi connectivity index (χ3n) is 3.52. The highest BCUT2D eigenvalue weighted by molar-refractivity contribution is 7.91. The zero-order valence-electron chi connectivity index (χ0n) is 11.4. The SMILES string of the molecule is CCS(=O)(=O)CCCC(CCl)(CCl)c1ccc(Cl)cc1. The van der Waals surface area contributed by atoms with E-state index >= 15 is 0 Å². The van der Waals surface area contributed by atoms with Crippen molar-refractivity contribution in [2.75, 3.05) is 23.3 Å². The van der Waals surface area contributed by atoms with Crippen LogP contribution in [0.1, 0.15) is 25.3 Å². The summed E-state index contributed by atoms with van der Waals surface area (Å²) < 4.78 is 23.1. The molecular weight excluding hydrogens is 339 g/mol. The van der Waals surface area contributed by atoms with E-state index in [1.165, 1.54) is 0 Å². The van der Waals surface area contributed by atoms with Crippen molar-refractivity contribution in [3.63, 3.8) is 0 Å². The molecule has 1 aromatic rings. The molecule has 2 nitrogen and oxygen atoms in total. The number of halogens is 3. The Labute approximate surface area is 136 Å². The van der Waals surface area contributed by atoms with Gasteiger partial charge in [0.05, 0.1) is 5.75 Å². The number of rotatable bonds is 8. The molecular formula is C14H19Cl3O2S. The van der Waals surface area contributed by atoms with E-state index in [0.29, 0.717) is 29.6 Å². The summed E-state index contributed by atoms with van der Waals surface area (Å²) in [5.74, 6) is 1.05. The maximum atomic E-state index is 11.6. The van der Waals surface area contributed by atoms with Crippen molar-refractivity contribution in [1.82, 2.24) is 0 Å². The van der Waals surface area contributed by atoms with Gasteiger partial charge in [-0.05, 0) is 30.5 Å². The van der Waals surface area contributed by atoms with Gasteiger partial charge in [0.2, 0.25) is 0 Å². The highest BCUT2D eigenvalue weighted by Gasteiger charge is 2.30. The molecule has 1 aromatic carbocycles. The van der Waals surface area contributed by atoms with E-state index in [4.69, 9.17) is 34.8 Å². The second kappa shape index (κ2) is 7.88. The lowest BCUT2D eigenvalue weighted by Gasteiger charge is -2.30. The van der Waals surface area contributed by atoms with Gasteiger partial charge in [-0.25, -0.2) is 8.42 Å².